The number of nitrogens with two attached hydrogens (primary N) is 1. The van der Waals surface area contributed by atoms with Crippen LogP contribution in [-0.2, 0) is 28.5 Å². The van der Waals surface area contributed by atoms with E-state index in [0.717, 1.165) is 22.1 Å². The highest BCUT2D eigenvalue weighted by atomic mass is 32.2. The topological polar surface area (TPSA) is 135 Å². The van der Waals surface area contributed by atoms with Crippen molar-refractivity contribution >= 4 is 21.8 Å². The van der Waals surface area contributed by atoms with E-state index in [4.69, 9.17) is 5.73 Å². The smallest absolute Gasteiger partial charge is 0.247 e. The molecule has 0 aliphatic carbocycles. The van der Waals surface area contributed by atoms with Crippen LogP contribution in [0.15, 0.2) is 60.2 Å². The van der Waals surface area contributed by atoms with Crippen LogP contribution in [0.25, 0.3) is 0 Å². The Morgan fingerprint density at radius 2 is 1.85 bits per heavy atom. The lowest BCUT2D eigenvalue weighted by atomic mass is 9.77. The standard InChI is InChI=1S/C26H27F2N7O3S/c1-25(20-9-17(3-5-21(20)28)10-23(36)22-6-4-19(27)13-32-22)26(39(37,38)34(2)24(29)33-25)7-8-35(15-26)14-18-11-30-16-31-12-18/h3-6,9,11-13,16H,7-8,10,14-15H2,1-2H3,(H2,29,33)/t25-,26-/m1/s1. The largest absolute Gasteiger partial charge is 0.369 e. The van der Waals surface area contributed by atoms with Crippen LogP contribution >= 0.6 is 0 Å². The second-order valence-corrected chi connectivity index (χ2v) is 12.3. The van der Waals surface area contributed by atoms with E-state index in [9.17, 15) is 17.6 Å². The fraction of sp³-hybridized carbons (Fsp3) is 0.346. The molecule has 3 aromatic rings. The molecule has 2 atom stereocenters. The van der Waals surface area contributed by atoms with Crippen molar-refractivity contribution in [3.05, 3.63) is 89.3 Å². The summed E-state index contributed by atoms with van der Waals surface area (Å²) in [6.45, 7) is 2.44. The van der Waals surface area contributed by atoms with Crippen molar-refractivity contribution in [1.29, 1.82) is 0 Å². The summed E-state index contributed by atoms with van der Waals surface area (Å²) in [6, 6.07) is 6.51. The normalized spacial score (nSPS) is 24.6. The van der Waals surface area contributed by atoms with Crippen molar-refractivity contribution in [2.24, 2.45) is 10.7 Å². The zero-order valence-electron chi connectivity index (χ0n) is 21.4. The molecule has 1 aromatic carbocycles. The second-order valence-electron chi connectivity index (χ2n) is 9.99. The van der Waals surface area contributed by atoms with Crippen LogP contribution in [-0.4, -0.2) is 69.2 Å². The zero-order chi connectivity index (χ0) is 28.0. The highest BCUT2D eigenvalue weighted by Gasteiger charge is 2.66. The molecule has 39 heavy (non-hydrogen) atoms. The molecule has 0 saturated carbocycles. The summed E-state index contributed by atoms with van der Waals surface area (Å²) in [5.74, 6) is -1.89. The third kappa shape index (κ3) is 4.44. The molecule has 0 unspecified atom stereocenters. The number of rotatable bonds is 6. The van der Waals surface area contributed by atoms with Gasteiger partial charge < -0.3 is 5.73 Å². The maximum absolute atomic E-state index is 15.6. The number of carbonyl (C=O) groups is 1. The quantitative estimate of drug-likeness (QED) is 0.457. The Labute approximate surface area is 224 Å². The Morgan fingerprint density at radius 1 is 1.10 bits per heavy atom. The molecule has 5 rings (SSSR count). The number of aliphatic imine (C=N–C) groups is 1. The van der Waals surface area contributed by atoms with E-state index in [-0.39, 0.29) is 36.6 Å². The maximum Gasteiger partial charge on any atom is 0.247 e. The number of benzene rings is 1. The van der Waals surface area contributed by atoms with Gasteiger partial charge in [0.1, 0.15) is 33.9 Å². The molecular weight excluding hydrogens is 528 g/mol. The number of hydrogen-bond donors (Lipinski definition) is 1. The van der Waals surface area contributed by atoms with Crippen LogP contribution in [0.2, 0.25) is 0 Å². The van der Waals surface area contributed by atoms with Gasteiger partial charge in [-0.25, -0.2) is 36.5 Å². The lowest BCUT2D eigenvalue weighted by Gasteiger charge is -2.48. The van der Waals surface area contributed by atoms with Crippen LogP contribution in [0.5, 0.6) is 0 Å². The third-order valence-electron chi connectivity index (χ3n) is 7.67. The van der Waals surface area contributed by atoms with Crippen LogP contribution in [0, 0.1) is 11.6 Å². The highest BCUT2D eigenvalue weighted by molar-refractivity contribution is 7.91. The van der Waals surface area contributed by atoms with Gasteiger partial charge in [0, 0.05) is 56.6 Å². The van der Waals surface area contributed by atoms with Crippen LogP contribution in [0.3, 0.4) is 0 Å². The molecule has 13 heteroatoms. The lowest BCUT2D eigenvalue weighted by Crippen LogP contribution is -2.66. The van der Waals surface area contributed by atoms with Gasteiger partial charge in [0.25, 0.3) is 0 Å². The summed E-state index contributed by atoms with van der Waals surface area (Å²) in [4.78, 5) is 31.2. The molecule has 0 amide bonds. The van der Waals surface area contributed by atoms with E-state index < -0.39 is 37.7 Å². The van der Waals surface area contributed by atoms with Crippen LogP contribution < -0.4 is 5.73 Å². The molecule has 204 valence electrons. The molecule has 2 aliphatic heterocycles. The first-order chi connectivity index (χ1) is 18.5. The number of carbonyl (C=O) groups excluding carboxylic acids is 1. The lowest BCUT2D eigenvalue weighted by molar-refractivity contribution is 0.0988. The molecule has 1 saturated heterocycles. The predicted octanol–water partition coefficient (Wildman–Crippen LogP) is 2.03. The molecule has 0 radical (unpaired) electrons. The third-order valence-corrected chi connectivity index (χ3v) is 10.3. The molecule has 2 aromatic heterocycles. The summed E-state index contributed by atoms with van der Waals surface area (Å²) in [5.41, 5.74) is 5.79. The van der Waals surface area contributed by atoms with Gasteiger partial charge in [0.05, 0.1) is 6.20 Å². The summed E-state index contributed by atoms with van der Waals surface area (Å²) in [5, 5.41) is 0. The number of pyridine rings is 1. The Balaban J connectivity index is 1.55. The number of halogens is 2. The first-order valence-corrected chi connectivity index (χ1v) is 13.6. The van der Waals surface area contributed by atoms with Crippen molar-refractivity contribution in [2.75, 3.05) is 20.1 Å². The van der Waals surface area contributed by atoms with Crippen LogP contribution in [0.1, 0.15) is 40.5 Å². The van der Waals surface area contributed by atoms with E-state index in [1.807, 2.05) is 4.90 Å². The number of sulfonamides is 1. The number of likely N-dealkylation sites (tertiary alicyclic amines) is 1. The van der Waals surface area contributed by atoms with E-state index in [0.29, 0.717) is 18.7 Å². The van der Waals surface area contributed by atoms with Gasteiger partial charge in [-0.1, -0.05) is 6.07 Å². The summed E-state index contributed by atoms with van der Waals surface area (Å²) < 4.78 is 56.3. The fourth-order valence-electron chi connectivity index (χ4n) is 5.49. The van der Waals surface area contributed by atoms with Gasteiger partial charge in [0.2, 0.25) is 16.0 Å². The van der Waals surface area contributed by atoms with Gasteiger partial charge in [-0.3, -0.25) is 14.7 Å². The number of guanidine groups is 1. The Bertz CT molecular complexity index is 1550. The minimum atomic E-state index is -4.11. The predicted molar refractivity (Wildman–Crippen MR) is 139 cm³/mol. The zero-order valence-corrected chi connectivity index (χ0v) is 22.2. The Morgan fingerprint density at radius 3 is 2.54 bits per heavy atom. The molecule has 10 nitrogen and oxygen atoms in total. The number of nitrogens with zero attached hydrogens (tertiary/aromatic N) is 6. The SMILES string of the molecule is CN1C(N)=N[C@](C)(c2cc(CC(=O)c3ccc(F)cn3)ccc2F)[C@]2(CCN(Cc3cncnc3)C2)S1(=O)=O. The summed E-state index contributed by atoms with van der Waals surface area (Å²) in [6.07, 6.45) is 5.69. The van der Waals surface area contributed by atoms with Crippen molar-refractivity contribution in [3.8, 4) is 0 Å². The minimum absolute atomic E-state index is 0.0179. The number of aromatic nitrogens is 3. The average molecular weight is 556 g/mol. The van der Waals surface area contributed by atoms with E-state index in [1.54, 1.807) is 19.3 Å². The monoisotopic (exact) mass is 555 g/mol. The van der Waals surface area contributed by atoms with Crippen molar-refractivity contribution in [2.45, 2.75) is 36.6 Å². The minimum Gasteiger partial charge on any atom is -0.369 e. The van der Waals surface area contributed by atoms with E-state index in [2.05, 4.69) is 19.9 Å². The van der Waals surface area contributed by atoms with Crippen molar-refractivity contribution in [1.82, 2.24) is 24.2 Å². The molecule has 1 spiro atoms. The van der Waals surface area contributed by atoms with Gasteiger partial charge in [-0.05, 0) is 43.2 Å². The number of Topliss-reactive ketones (excluding diaryl/α,β-unsaturated/α-hetero) is 1. The van der Waals surface area contributed by atoms with Gasteiger partial charge >= 0.3 is 0 Å². The molecule has 2 aliphatic rings. The molecular formula is C26H27F2N7O3S. The second kappa shape index (κ2) is 9.72. The molecule has 4 heterocycles. The maximum atomic E-state index is 15.6. The van der Waals surface area contributed by atoms with Crippen molar-refractivity contribution < 1.29 is 22.0 Å². The first kappa shape index (κ1) is 26.8. The van der Waals surface area contributed by atoms with E-state index in [1.165, 1.54) is 37.6 Å². The highest BCUT2D eigenvalue weighted by Crippen LogP contribution is 2.51. The fourth-order valence-corrected chi connectivity index (χ4v) is 7.65. The first-order valence-electron chi connectivity index (χ1n) is 12.2. The summed E-state index contributed by atoms with van der Waals surface area (Å²) >= 11 is 0. The number of hydrogen-bond acceptors (Lipinski definition) is 9. The molecule has 2 N–H and O–H groups in total. The average Bonchev–Trinajstić information content (AvgIpc) is 3.35. The summed E-state index contributed by atoms with van der Waals surface area (Å²) in [7, 11) is -2.77. The van der Waals surface area contributed by atoms with Crippen LogP contribution in [0.4, 0.5) is 8.78 Å². The van der Waals surface area contributed by atoms with Crippen molar-refractivity contribution in [3.63, 3.8) is 0 Å². The Hall–Kier alpha value is -3.84. The Kier molecular flexibility index (Phi) is 6.67. The number of ketones is 1. The molecule has 1 fully saturated rings. The van der Waals surface area contributed by atoms with E-state index >= 15 is 4.39 Å². The van der Waals surface area contributed by atoms with Gasteiger partial charge in [0.15, 0.2) is 5.78 Å². The molecule has 0 bridgehead atoms. The van der Waals surface area contributed by atoms with Gasteiger partial charge in [-0.15, -0.1) is 0 Å². The van der Waals surface area contributed by atoms with Gasteiger partial charge in [-0.2, -0.15) is 0 Å².